The van der Waals surface area contributed by atoms with Crippen LogP contribution in [0.5, 0.6) is 5.75 Å². The molecule has 2 aromatic rings. The molecule has 1 heterocycles. The van der Waals surface area contributed by atoms with Gasteiger partial charge in [0.15, 0.2) is 0 Å². The normalized spacial score (nSPS) is 13.8. The number of aromatic nitrogens is 1. The van der Waals surface area contributed by atoms with Crippen molar-refractivity contribution in [1.82, 2.24) is 4.98 Å². The molecule has 1 N–H and O–H groups in total. The Hall–Kier alpha value is -2.78. The van der Waals surface area contributed by atoms with Crippen LogP contribution in [0.3, 0.4) is 0 Å². The average molecular weight is 385 g/mol. The van der Waals surface area contributed by atoms with Gasteiger partial charge in [-0.2, -0.15) is 5.26 Å². The maximum absolute atomic E-state index is 12.3. The van der Waals surface area contributed by atoms with Gasteiger partial charge in [0.2, 0.25) is 5.91 Å². The second-order valence-corrected chi connectivity index (χ2v) is 7.00. The fourth-order valence-electron chi connectivity index (χ4n) is 3.03. The lowest BCUT2D eigenvalue weighted by Gasteiger charge is -2.18. The Labute approximate surface area is 163 Å². The van der Waals surface area contributed by atoms with Crippen LogP contribution in [-0.4, -0.2) is 30.6 Å². The number of nitrogens with one attached hydrogen (secondary N) is 1. The van der Waals surface area contributed by atoms with Gasteiger partial charge < -0.3 is 15.0 Å². The number of nitrogens with zero attached hydrogens (tertiary/aromatic N) is 3. The van der Waals surface area contributed by atoms with Gasteiger partial charge in [0.1, 0.15) is 17.6 Å². The highest BCUT2D eigenvalue weighted by molar-refractivity contribution is 6.32. The van der Waals surface area contributed by atoms with Crippen LogP contribution >= 0.6 is 11.6 Å². The molecule has 1 saturated carbocycles. The van der Waals surface area contributed by atoms with Crippen molar-refractivity contribution in [2.45, 2.75) is 31.8 Å². The van der Waals surface area contributed by atoms with E-state index in [9.17, 15) is 4.79 Å². The zero-order valence-corrected chi connectivity index (χ0v) is 15.9. The summed E-state index contributed by atoms with van der Waals surface area (Å²) in [5, 5.41) is 12.1. The molecule has 0 spiro atoms. The van der Waals surface area contributed by atoms with Crippen LogP contribution in [0.2, 0.25) is 5.02 Å². The van der Waals surface area contributed by atoms with Gasteiger partial charge in [0, 0.05) is 18.9 Å². The van der Waals surface area contributed by atoms with Crippen LogP contribution < -0.4 is 15.0 Å². The van der Waals surface area contributed by atoms with E-state index in [1.165, 1.54) is 19.0 Å². The summed E-state index contributed by atoms with van der Waals surface area (Å²) >= 11 is 6.30. The molecule has 1 amide bonds. The van der Waals surface area contributed by atoms with Crippen LogP contribution in [0.15, 0.2) is 36.5 Å². The van der Waals surface area contributed by atoms with Crippen molar-refractivity contribution in [1.29, 1.82) is 5.26 Å². The molecule has 27 heavy (non-hydrogen) atoms. The lowest BCUT2D eigenvalue weighted by atomic mass is 10.2. The Morgan fingerprint density at radius 3 is 2.78 bits per heavy atom. The molecular formula is C20H21ClN4O2. The van der Waals surface area contributed by atoms with Gasteiger partial charge in [-0.15, -0.1) is 0 Å². The quantitative estimate of drug-likeness (QED) is 0.814. The second-order valence-electron chi connectivity index (χ2n) is 6.59. The number of benzene rings is 1. The number of nitriles is 1. The van der Waals surface area contributed by atoms with E-state index in [1.54, 1.807) is 42.3 Å². The van der Waals surface area contributed by atoms with E-state index in [0.717, 1.165) is 12.8 Å². The van der Waals surface area contributed by atoms with Crippen molar-refractivity contribution in [2.24, 2.45) is 0 Å². The topological polar surface area (TPSA) is 78.3 Å². The third-order valence-corrected chi connectivity index (χ3v) is 4.76. The monoisotopic (exact) mass is 384 g/mol. The Morgan fingerprint density at radius 1 is 1.37 bits per heavy atom. The zero-order chi connectivity index (χ0) is 19.2. The van der Waals surface area contributed by atoms with Crippen molar-refractivity contribution in [3.8, 4) is 11.8 Å². The summed E-state index contributed by atoms with van der Waals surface area (Å²) in [4.78, 5) is 18.2. The largest absolute Gasteiger partial charge is 0.489 e. The molecule has 140 valence electrons. The molecule has 0 atom stereocenters. The average Bonchev–Trinajstić information content (AvgIpc) is 3.17. The molecule has 3 rings (SSSR count). The number of hydrogen-bond donors (Lipinski definition) is 1. The summed E-state index contributed by atoms with van der Waals surface area (Å²) in [6, 6.07) is 10.7. The molecule has 0 bridgehead atoms. The molecule has 1 aromatic carbocycles. The summed E-state index contributed by atoms with van der Waals surface area (Å²) in [7, 11) is 1.76. The minimum absolute atomic E-state index is 0.122. The SMILES string of the molecule is CN(CC(=O)Nc1ccc(OC2CCCC2)c(Cl)c1)c1ccc(C#N)cn1. The van der Waals surface area contributed by atoms with Crippen molar-refractivity contribution in [3.63, 3.8) is 0 Å². The van der Waals surface area contributed by atoms with E-state index < -0.39 is 0 Å². The van der Waals surface area contributed by atoms with Crippen molar-refractivity contribution in [2.75, 3.05) is 23.8 Å². The molecule has 1 aliphatic carbocycles. The van der Waals surface area contributed by atoms with E-state index in [-0.39, 0.29) is 18.6 Å². The highest BCUT2D eigenvalue weighted by Gasteiger charge is 2.18. The summed E-state index contributed by atoms with van der Waals surface area (Å²) in [6.07, 6.45) is 6.22. The number of pyridine rings is 1. The van der Waals surface area contributed by atoms with Gasteiger partial charge >= 0.3 is 0 Å². The molecule has 0 saturated heterocycles. The summed E-state index contributed by atoms with van der Waals surface area (Å²) < 4.78 is 5.92. The highest BCUT2D eigenvalue weighted by atomic mass is 35.5. The molecule has 1 aliphatic rings. The van der Waals surface area contributed by atoms with Gasteiger partial charge in [-0.3, -0.25) is 4.79 Å². The van der Waals surface area contributed by atoms with E-state index in [0.29, 0.717) is 27.8 Å². The van der Waals surface area contributed by atoms with E-state index in [4.69, 9.17) is 21.6 Å². The third-order valence-electron chi connectivity index (χ3n) is 4.46. The van der Waals surface area contributed by atoms with Crippen molar-refractivity contribution < 1.29 is 9.53 Å². The smallest absolute Gasteiger partial charge is 0.243 e. The predicted octanol–water partition coefficient (Wildman–Crippen LogP) is 4.00. The number of carbonyl (C=O) groups is 1. The first-order valence-corrected chi connectivity index (χ1v) is 9.26. The maximum Gasteiger partial charge on any atom is 0.243 e. The van der Waals surface area contributed by atoms with Crippen LogP contribution in [0.1, 0.15) is 31.2 Å². The van der Waals surface area contributed by atoms with Crippen LogP contribution in [-0.2, 0) is 4.79 Å². The molecule has 0 aliphatic heterocycles. The molecule has 1 fully saturated rings. The molecule has 0 unspecified atom stereocenters. The second kappa shape index (κ2) is 8.74. The van der Waals surface area contributed by atoms with E-state index >= 15 is 0 Å². The van der Waals surface area contributed by atoms with Crippen molar-refractivity contribution in [3.05, 3.63) is 47.1 Å². The number of rotatable bonds is 6. The van der Waals surface area contributed by atoms with Crippen LogP contribution in [0, 0.1) is 11.3 Å². The predicted molar refractivity (Wildman–Crippen MR) is 105 cm³/mol. The number of likely N-dealkylation sites (N-methyl/N-ethyl adjacent to an activating group) is 1. The number of hydrogen-bond acceptors (Lipinski definition) is 5. The van der Waals surface area contributed by atoms with Gasteiger partial charge in [0.25, 0.3) is 0 Å². The minimum atomic E-state index is -0.191. The number of halogens is 1. The lowest BCUT2D eigenvalue weighted by molar-refractivity contribution is -0.114. The lowest BCUT2D eigenvalue weighted by Crippen LogP contribution is -2.30. The molecule has 0 radical (unpaired) electrons. The number of anilines is 2. The third kappa shape index (κ3) is 5.11. The summed E-state index contributed by atoms with van der Waals surface area (Å²) in [5.74, 6) is 1.08. The maximum atomic E-state index is 12.3. The number of ether oxygens (including phenoxy) is 1. The van der Waals surface area contributed by atoms with E-state index in [1.807, 2.05) is 6.07 Å². The van der Waals surface area contributed by atoms with Gasteiger partial charge in [-0.1, -0.05) is 11.6 Å². The zero-order valence-electron chi connectivity index (χ0n) is 15.1. The van der Waals surface area contributed by atoms with Crippen molar-refractivity contribution >= 4 is 29.0 Å². The molecular weight excluding hydrogens is 364 g/mol. The molecule has 6 nitrogen and oxygen atoms in total. The fourth-order valence-corrected chi connectivity index (χ4v) is 3.26. The Bertz CT molecular complexity index is 842. The Balaban J connectivity index is 1.56. The fraction of sp³-hybridized carbons (Fsp3) is 0.350. The number of amides is 1. The summed E-state index contributed by atoms with van der Waals surface area (Å²) in [5.41, 5.74) is 1.09. The van der Waals surface area contributed by atoms with Crippen LogP contribution in [0.25, 0.3) is 0 Å². The van der Waals surface area contributed by atoms with Gasteiger partial charge in [-0.25, -0.2) is 4.98 Å². The number of carbonyl (C=O) groups excluding carboxylic acids is 1. The standard InChI is InChI=1S/C20H21ClN4O2/c1-25(19-9-6-14(11-22)12-23-19)13-20(26)24-15-7-8-18(17(21)10-15)27-16-4-2-3-5-16/h6-10,12,16H,2-5,13H2,1H3,(H,24,26). The first-order chi connectivity index (χ1) is 13.0. The summed E-state index contributed by atoms with van der Waals surface area (Å²) in [6.45, 7) is 0.122. The first kappa shape index (κ1) is 19.0. The Morgan fingerprint density at radius 2 is 2.15 bits per heavy atom. The molecule has 7 heteroatoms. The van der Waals surface area contributed by atoms with Crippen LogP contribution in [0.4, 0.5) is 11.5 Å². The Kier molecular flexibility index (Phi) is 6.15. The van der Waals surface area contributed by atoms with E-state index in [2.05, 4.69) is 10.3 Å². The molecule has 1 aromatic heterocycles. The first-order valence-electron chi connectivity index (χ1n) is 8.88. The highest BCUT2D eigenvalue weighted by Crippen LogP contribution is 2.31. The minimum Gasteiger partial charge on any atom is -0.489 e. The van der Waals surface area contributed by atoms with Gasteiger partial charge in [-0.05, 0) is 56.0 Å². The van der Waals surface area contributed by atoms with Gasteiger partial charge in [0.05, 0.1) is 23.2 Å².